The summed E-state index contributed by atoms with van der Waals surface area (Å²) in [6, 6.07) is 54.1. The van der Waals surface area contributed by atoms with Gasteiger partial charge >= 0.3 is 0 Å². The van der Waals surface area contributed by atoms with Crippen molar-refractivity contribution < 1.29 is 8.83 Å². The number of hydrogen-bond donors (Lipinski definition) is 0. The fraction of sp³-hybridized carbons (Fsp3) is 0.0192. The van der Waals surface area contributed by atoms with Crippen LogP contribution in [-0.4, -0.2) is 15.0 Å². The molecule has 0 aliphatic rings. The van der Waals surface area contributed by atoms with Gasteiger partial charge in [0.2, 0.25) is 0 Å². The van der Waals surface area contributed by atoms with Crippen molar-refractivity contribution in [3.05, 3.63) is 187 Å². The summed E-state index contributed by atoms with van der Waals surface area (Å²) in [5.41, 5.74) is 10.2. The first-order valence-electron chi connectivity index (χ1n) is 19.0. The summed E-state index contributed by atoms with van der Waals surface area (Å²) in [6.45, 7) is 6.38. The molecule has 268 valence electrons. The normalized spacial score (nSPS) is 12.1. The molecule has 5 heteroatoms. The molecule has 0 unspecified atom stereocenters. The number of nitrogens with zero attached hydrogens (tertiary/aromatic N) is 3. The van der Waals surface area contributed by atoms with Crippen LogP contribution in [0.1, 0.15) is 16.7 Å². The predicted octanol–water partition coefficient (Wildman–Crippen LogP) is 14.0. The van der Waals surface area contributed by atoms with E-state index in [1.165, 1.54) is 5.39 Å². The third-order valence-electron chi connectivity index (χ3n) is 11.1. The average molecular weight is 732 g/mol. The van der Waals surface area contributed by atoms with Gasteiger partial charge in [-0.25, -0.2) is 15.0 Å². The second-order valence-corrected chi connectivity index (χ2v) is 14.4. The minimum atomic E-state index is 0.576. The van der Waals surface area contributed by atoms with Crippen LogP contribution in [0.25, 0.3) is 111 Å². The molecule has 0 N–H and O–H groups in total. The molecule has 8 aromatic carbocycles. The highest BCUT2D eigenvalue weighted by Crippen LogP contribution is 2.40. The Morgan fingerprint density at radius 1 is 0.491 bits per heavy atom. The minimum Gasteiger partial charge on any atom is -0.456 e. The Morgan fingerprint density at radius 3 is 1.82 bits per heavy atom. The number of fused-ring (bicyclic) bond motifs is 9. The van der Waals surface area contributed by atoms with Crippen LogP contribution in [0.3, 0.4) is 0 Å². The summed E-state index contributed by atoms with van der Waals surface area (Å²) in [5.74, 6) is 1.76. The van der Waals surface area contributed by atoms with Crippen molar-refractivity contribution in [1.82, 2.24) is 15.0 Å². The lowest BCUT2D eigenvalue weighted by Crippen LogP contribution is -2.01. The largest absolute Gasteiger partial charge is 0.456 e. The second-order valence-electron chi connectivity index (χ2n) is 14.4. The molecule has 11 rings (SSSR count). The van der Waals surface area contributed by atoms with Gasteiger partial charge in [0, 0.05) is 38.2 Å². The molecule has 57 heavy (non-hydrogen) atoms. The zero-order valence-electron chi connectivity index (χ0n) is 31.0. The minimum absolute atomic E-state index is 0.576. The van der Waals surface area contributed by atoms with Crippen molar-refractivity contribution in [2.45, 2.75) is 6.92 Å². The molecule has 0 saturated carbocycles. The number of benzene rings is 8. The molecule has 0 radical (unpaired) electrons. The lowest BCUT2D eigenvalue weighted by atomic mass is 9.95. The van der Waals surface area contributed by atoms with Crippen LogP contribution in [0.15, 0.2) is 179 Å². The smallest absolute Gasteiger partial charge is 0.164 e. The first-order chi connectivity index (χ1) is 28.1. The zero-order chi connectivity index (χ0) is 38.0. The van der Waals surface area contributed by atoms with E-state index in [-0.39, 0.29) is 0 Å². The molecule has 0 aliphatic carbocycles. The topological polar surface area (TPSA) is 65.0 Å². The summed E-state index contributed by atoms with van der Waals surface area (Å²) < 4.78 is 12.6. The highest BCUT2D eigenvalue weighted by atomic mass is 16.3. The Morgan fingerprint density at radius 2 is 1.07 bits per heavy atom. The van der Waals surface area contributed by atoms with E-state index >= 15 is 0 Å². The van der Waals surface area contributed by atoms with Gasteiger partial charge in [0.25, 0.3) is 0 Å². The average Bonchev–Trinajstić information content (AvgIpc) is 3.84. The van der Waals surface area contributed by atoms with E-state index in [1.54, 1.807) is 0 Å². The van der Waals surface area contributed by atoms with E-state index in [0.29, 0.717) is 17.5 Å². The van der Waals surface area contributed by atoms with E-state index < -0.39 is 0 Å². The van der Waals surface area contributed by atoms with Gasteiger partial charge in [0.15, 0.2) is 17.5 Å². The van der Waals surface area contributed by atoms with Crippen molar-refractivity contribution in [3.63, 3.8) is 0 Å². The van der Waals surface area contributed by atoms with E-state index in [9.17, 15) is 0 Å². The Labute approximate surface area is 327 Å². The number of para-hydroxylation sites is 2. The first-order valence-corrected chi connectivity index (χ1v) is 19.0. The fourth-order valence-electron chi connectivity index (χ4n) is 8.31. The molecular weight excluding hydrogens is 699 g/mol. The van der Waals surface area contributed by atoms with Crippen LogP contribution in [0, 0.1) is 6.92 Å². The molecule has 11 aromatic rings. The maximum absolute atomic E-state index is 6.32. The Hall–Kier alpha value is -7.63. The lowest BCUT2D eigenvalue weighted by molar-refractivity contribution is 0.668. The molecule has 3 heterocycles. The zero-order valence-corrected chi connectivity index (χ0v) is 31.0. The van der Waals surface area contributed by atoms with Crippen molar-refractivity contribution in [2.24, 2.45) is 0 Å². The molecule has 0 amide bonds. The Balaban J connectivity index is 1.14. The second kappa shape index (κ2) is 13.0. The van der Waals surface area contributed by atoms with Gasteiger partial charge in [-0.3, -0.25) is 0 Å². The van der Waals surface area contributed by atoms with E-state index in [2.05, 4.69) is 117 Å². The van der Waals surface area contributed by atoms with Crippen molar-refractivity contribution in [3.8, 4) is 34.2 Å². The highest BCUT2D eigenvalue weighted by Gasteiger charge is 2.20. The quantitative estimate of drug-likeness (QED) is 0.0968. The van der Waals surface area contributed by atoms with Crippen LogP contribution in [0.2, 0.25) is 0 Å². The summed E-state index contributed by atoms with van der Waals surface area (Å²) in [7, 11) is 0. The molecule has 3 aromatic heterocycles. The lowest BCUT2D eigenvalue weighted by Gasteiger charge is -2.13. The van der Waals surface area contributed by atoms with Crippen LogP contribution >= 0.6 is 0 Å². The number of allylic oxidation sites excluding steroid dienone is 2. The summed E-state index contributed by atoms with van der Waals surface area (Å²) in [5, 5.41) is 8.68. The SMILES string of the molecule is C=C/C(=C\c1cc(-c2nc(-c3cc4ccccc4c4ccccc34)nc(-c3cccc4oc5ccccc5c34)n2)ccc1C)c1cccc2oc3ccccc3c12. The van der Waals surface area contributed by atoms with Gasteiger partial charge in [-0.2, -0.15) is 0 Å². The molecule has 0 saturated heterocycles. The molecule has 0 atom stereocenters. The molecule has 0 fully saturated rings. The Kier molecular flexibility index (Phi) is 7.47. The van der Waals surface area contributed by atoms with Crippen LogP contribution in [-0.2, 0) is 0 Å². The van der Waals surface area contributed by atoms with Crippen LogP contribution < -0.4 is 0 Å². The third kappa shape index (κ3) is 5.35. The van der Waals surface area contributed by atoms with Gasteiger partial charge < -0.3 is 8.83 Å². The number of furan rings is 2. The number of aryl methyl sites for hydroxylation is 1. The summed E-state index contributed by atoms with van der Waals surface area (Å²) >= 11 is 0. The highest BCUT2D eigenvalue weighted by molar-refractivity contribution is 6.15. The van der Waals surface area contributed by atoms with Crippen molar-refractivity contribution >= 4 is 77.1 Å². The molecule has 0 bridgehead atoms. The van der Waals surface area contributed by atoms with Gasteiger partial charge in [0.05, 0.1) is 0 Å². The van der Waals surface area contributed by atoms with E-state index in [0.717, 1.165) is 99.0 Å². The maximum atomic E-state index is 6.32. The Bertz CT molecular complexity index is 3460. The summed E-state index contributed by atoms with van der Waals surface area (Å²) in [6.07, 6.45) is 4.11. The molecule has 0 spiro atoms. The molecule has 0 aliphatic heterocycles. The number of aromatic nitrogens is 3. The van der Waals surface area contributed by atoms with Crippen molar-refractivity contribution in [2.75, 3.05) is 0 Å². The van der Waals surface area contributed by atoms with E-state index in [1.807, 2.05) is 66.7 Å². The van der Waals surface area contributed by atoms with Gasteiger partial charge in [-0.15, -0.1) is 0 Å². The van der Waals surface area contributed by atoms with Crippen LogP contribution in [0.4, 0.5) is 0 Å². The molecular formula is C52H33N3O2. The number of hydrogen-bond acceptors (Lipinski definition) is 5. The van der Waals surface area contributed by atoms with Crippen LogP contribution in [0.5, 0.6) is 0 Å². The predicted molar refractivity (Wildman–Crippen MR) is 235 cm³/mol. The number of rotatable bonds is 6. The summed E-state index contributed by atoms with van der Waals surface area (Å²) in [4.78, 5) is 15.8. The van der Waals surface area contributed by atoms with E-state index in [4.69, 9.17) is 23.8 Å². The molecule has 5 nitrogen and oxygen atoms in total. The third-order valence-corrected chi connectivity index (χ3v) is 11.1. The first kappa shape index (κ1) is 32.8. The van der Waals surface area contributed by atoms with Crippen molar-refractivity contribution in [1.29, 1.82) is 0 Å². The van der Waals surface area contributed by atoms with Gasteiger partial charge in [-0.1, -0.05) is 134 Å². The standard InChI is InChI=1S/C52H33N3O2/c1-3-32(37-20-12-24-46-48(37)40-18-8-10-22-44(40)56-46)28-35-29-34(27-26-31(35)2)50-53-51(42-21-13-25-47-49(42)41-19-9-11-23-45(41)57-47)55-52(54-50)43-30-33-14-4-5-15-36(33)38-16-6-7-17-39(38)43/h3-30H,1H2,2H3/b32-28+. The monoisotopic (exact) mass is 731 g/mol. The fourth-order valence-corrected chi connectivity index (χ4v) is 8.31. The van der Waals surface area contributed by atoms with Gasteiger partial charge in [0.1, 0.15) is 22.3 Å². The maximum Gasteiger partial charge on any atom is 0.164 e. The van der Waals surface area contributed by atoms with Gasteiger partial charge in [-0.05, 0) is 93.2 Å².